The Hall–Kier alpha value is -2.82. The molecule has 0 aliphatic heterocycles. The molecule has 4 nitrogen and oxygen atoms in total. The number of aromatic nitrogens is 4. The highest BCUT2D eigenvalue weighted by Crippen LogP contribution is 2.60. The van der Waals surface area contributed by atoms with Gasteiger partial charge in [0.2, 0.25) is 0 Å². The first-order chi connectivity index (χ1) is 12.6. The molecule has 2 bridgehead atoms. The molecule has 130 valence electrons. The van der Waals surface area contributed by atoms with Crippen LogP contribution in [0.25, 0.3) is 11.3 Å². The molecular weight excluding hydrogens is 327 g/mol. The van der Waals surface area contributed by atoms with E-state index in [0.717, 1.165) is 36.3 Å². The smallest absolute Gasteiger partial charge is 0.132 e. The zero-order chi connectivity index (χ0) is 17.9. The van der Waals surface area contributed by atoms with Crippen molar-refractivity contribution in [1.82, 2.24) is 20.0 Å². The van der Waals surface area contributed by atoms with Crippen molar-refractivity contribution in [2.24, 2.45) is 0 Å². The molecule has 2 aliphatic carbocycles. The van der Waals surface area contributed by atoms with E-state index in [1.54, 1.807) is 12.1 Å². The zero-order valence-corrected chi connectivity index (χ0v) is 14.6. The third kappa shape index (κ3) is 2.03. The number of aryl methyl sites for hydroxylation is 1. The highest BCUT2D eigenvalue weighted by atomic mass is 19.1. The lowest BCUT2D eigenvalue weighted by Crippen LogP contribution is -2.30. The highest BCUT2D eigenvalue weighted by Gasteiger charge is 2.54. The van der Waals surface area contributed by atoms with Crippen LogP contribution in [-0.4, -0.2) is 20.0 Å². The molecule has 0 spiro atoms. The maximum absolute atomic E-state index is 14.2. The lowest BCUT2D eigenvalue weighted by atomic mass is 9.81. The van der Waals surface area contributed by atoms with E-state index in [1.165, 1.54) is 11.6 Å². The number of rotatable bonds is 3. The number of allylic oxidation sites excluding steroid dienone is 1. The monoisotopic (exact) mass is 346 g/mol. The summed E-state index contributed by atoms with van der Waals surface area (Å²) in [5, 5.41) is 13.5. The number of hydrogen-bond donors (Lipinski definition) is 0. The summed E-state index contributed by atoms with van der Waals surface area (Å²) >= 11 is 0. The Bertz CT molecular complexity index is 1040. The minimum absolute atomic E-state index is 0.209. The summed E-state index contributed by atoms with van der Waals surface area (Å²) in [5.74, 6) is 0.00754. The normalized spacial score (nSPS) is 23.5. The summed E-state index contributed by atoms with van der Waals surface area (Å²) in [5.41, 5.74) is 5.21. The maximum Gasteiger partial charge on any atom is 0.132 e. The van der Waals surface area contributed by atoms with Crippen molar-refractivity contribution in [3.8, 4) is 11.3 Å². The largest absolute Gasteiger partial charge is 0.271 e. The van der Waals surface area contributed by atoms with E-state index in [2.05, 4.69) is 21.9 Å². The fraction of sp³-hybridized carbons (Fsp3) is 0.286. The van der Waals surface area contributed by atoms with Crippen LogP contribution in [0.1, 0.15) is 35.7 Å². The molecule has 2 atom stereocenters. The van der Waals surface area contributed by atoms with Crippen molar-refractivity contribution >= 4 is 0 Å². The summed E-state index contributed by atoms with van der Waals surface area (Å²) in [6.45, 7) is 7.13. The molecule has 1 aromatic carbocycles. The van der Waals surface area contributed by atoms with Crippen molar-refractivity contribution < 1.29 is 4.39 Å². The Morgan fingerprint density at radius 1 is 1.27 bits per heavy atom. The topological polar surface area (TPSA) is 43.6 Å². The molecule has 5 rings (SSSR count). The van der Waals surface area contributed by atoms with Gasteiger partial charge in [-0.2, -0.15) is 15.3 Å². The van der Waals surface area contributed by atoms with Gasteiger partial charge in [0.25, 0.3) is 0 Å². The van der Waals surface area contributed by atoms with Gasteiger partial charge in [0.15, 0.2) is 0 Å². The summed E-state index contributed by atoms with van der Waals surface area (Å²) in [7, 11) is 0. The van der Waals surface area contributed by atoms with Gasteiger partial charge in [0, 0.05) is 17.7 Å². The van der Waals surface area contributed by atoms with Crippen LogP contribution in [0.4, 0.5) is 4.39 Å². The van der Waals surface area contributed by atoms with Crippen molar-refractivity contribution in [2.45, 2.75) is 37.6 Å². The van der Waals surface area contributed by atoms with Crippen LogP contribution in [0.2, 0.25) is 0 Å². The van der Waals surface area contributed by atoms with Gasteiger partial charge in [-0.05, 0) is 49.6 Å². The molecule has 0 N–H and O–H groups in total. The van der Waals surface area contributed by atoms with Gasteiger partial charge in [-0.3, -0.25) is 4.68 Å². The number of fused-ring (bicyclic) bond motifs is 5. The van der Waals surface area contributed by atoms with Crippen LogP contribution in [0, 0.1) is 12.7 Å². The molecule has 0 saturated heterocycles. The van der Waals surface area contributed by atoms with Gasteiger partial charge in [-0.25, -0.2) is 4.39 Å². The lowest BCUT2D eigenvalue weighted by molar-refractivity contribution is 0.393. The fourth-order valence-electron chi connectivity index (χ4n) is 4.60. The zero-order valence-electron chi connectivity index (χ0n) is 14.6. The van der Waals surface area contributed by atoms with Gasteiger partial charge in [-0.1, -0.05) is 24.3 Å². The Balaban J connectivity index is 1.60. The molecule has 0 unspecified atom stereocenters. The average Bonchev–Trinajstić information content (AvgIpc) is 3.26. The second-order valence-electron chi connectivity index (χ2n) is 7.37. The quantitative estimate of drug-likeness (QED) is 0.669. The van der Waals surface area contributed by atoms with Crippen LogP contribution in [0.3, 0.4) is 0 Å². The molecule has 5 heteroatoms. The molecule has 1 fully saturated rings. The van der Waals surface area contributed by atoms with E-state index in [0.29, 0.717) is 11.3 Å². The molecule has 0 radical (unpaired) electrons. The summed E-state index contributed by atoms with van der Waals surface area (Å²) in [4.78, 5) is 0. The van der Waals surface area contributed by atoms with E-state index in [4.69, 9.17) is 0 Å². The Morgan fingerprint density at radius 2 is 2.12 bits per heavy atom. The van der Waals surface area contributed by atoms with E-state index in [9.17, 15) is 4.39 Å². The van der Waals surface area contributed by atoms with Gasteiger partial charge < -0.3 is 0 Å². The predicted octanol–water partition coefficient (Wildman–Crippen LogP) is 4.17. The molecule has 2 heterocycles. The van der Waals surface area contributed by atoms with Crippen molar-refractivity contribution in [3.05, 3.63) is 77.5 Å². The number of benzene rings is 1. The molecule has 0 amide bonds. The minimum atomic E-state index is -0.273. The maximum atomic E-state index is 14.2. The average molecular weight is 346 g/mol. The second kappa shape index (κ2) is 5.34. The van der Waals surface area contributed by atoms with Gasteiger partial charge in [-0.15, -0.1) is 0 Å². The Kier molecular flexibility index (Phi) is 3.17. The van der Waals surface area contributed by atoms with Gasteiger partial charge in [0.1, 0.15) is 5.82 Å². The van der Waals surface area contributed by atoms with Crippen molar-refractivity contribution in [1.29, 1.82) is 0 Å². The summed E-state index contributed by atoms with van der Waals surface area (Å²) in [6.07, 6.45) is 4.06. The van der Waals surface area contributed by atoms with Gasteiger partial charge >= 0.3 is 0 Å². The fourth-order valence-corrected chi connectivity index (χ4v) is 4.60. The minimum Gasteiger partial charge on any atom is -0.271 e. The van der Waals surface area contributed by atoms with E-state index < -0.39 is 0 Å². The third-order valence-electron chi connectivity index (χ3n) is 5.90. The van der Waals surface area contributed by atoms with E-state index in [1.807, 2.05) is 36.0 Å². The number of halogens is 1. The molecule has 2 aliphatic rings. The predicted molar refractivity (Wildman–Crippen MR) is 97.2 cm³/mol. The standard InChI is InChI=1S/C21H19FN4/c1-13-8-10-26(25-13)12-21-9-7-15(14(21)2)17-11-19(23-24-20(17)21)16-5-3-4-6-18(16)22/h3-6,8,10-11,15H,2,7,9,12H2,1H3/t15-,21-/m0/s1. The second-order valence-corrected chi connectivity index (χ2v) is 7.37. The van der Waals surface area contributed by atoms with Crippen LogP contribution in [-0.2, 0) is 12.0 Å². The summed E-state index contributed by atoms with van der Waals surface area (Å²) in [6, 6.07) is 10.7. The van der Waals surface area contributed by atoms with E-state index in [-0.39, 0.29) is 17.2 Å². The van der Waals surface area contributed by atoms with Crippen LogP contribution >= 0.6 is 0 Å². The third-order valence-corrected chi connectivity index (χ3v) is 5.90. The summed E-state index contributed by atoms with van der Waals surface area (Å²) < 4.78 is 16.1. The van der Waals surface area contributed by atoms with Crippen LogP contribution in [0.15, 0.2) is 54.7 Å². The number of hydrogen-bond acceptors (Lipinski definition) is 3. The van der Waals surface area contributed by atoms with Gasteiger partial charge in [0.05, 0.1) is 29.0 Å². The first-order valence-electron chi connectivity index (χ1n) is 8.91. The van der Waals surface area contributed by atoms with E-state index >= 15 is 0 Å². The molecule has 3 aromatic rings. The first-order valence-corrected chi connectivity index (χ1v) is 8.91. The molecule has 1 saturated carbocycles. The van der Waals surface area contributed by atoms with Crippen LogP contribution < -0.4 is 0 Å². The highest BCUT2D eigenvalue weighted by molar-refractivity contribution is 5.64. The molecule has 26 heavy (non-hydrogen) atoms. The lowest BCUT2D eigenvalue weighted by Gasteiger charge is -2.27. The molecular formula is C21H19FN4. The first kappa shape index (κ1) is 15.4. The Labute approximate surface area is 151 Å². The number of nitrogens with zero attached hydrogens (tertiary/aromatic N) is 4. The SMILES string of the molecule is C=C1[C@@H]2CC[C@@]1(Cn1ccc(C)n1)c1nnc(-c3ccccc3F)cc12. The van der Waals surface area contributed by atoms with Crippen LogP contribution in [0.5, 0.6) is 0 Å². The molecule has 2 aromatic heterocycles. The Morgan fingerprint density at radius 3 is 2.88 bits per heavy atom. The van der Waals surface area contributed by atoms with Crippen molar-refractivity contribution in [3.63, 3.8) is 0 Å². The van der Waals surface area contributed by atoms with Crippen molar-refractivity contribution in [2.75, 3.05) is 0 Å².